The fourth-order valence-electron chi connectivity index (χ4n) is 2.86. The highest BCUT2D eigenvalue weighted by atomic mass is 35.5. The summed E-state index contributed by atoms with van der Waals surface area (Å²) >= 11 is 0. The summed E-state index contributed by atoms with van der Waals surface area (Å²) in [7, 11) is 0. The minimum absolute atomic E-state index is 0. The van der Waals surface area contributed by atoms with Gasteiger partial charge in [0.15, 0.2) is 0 Å². The molecule has 2 N–H and O–H groups in total. The van der Waals surface area contributed by atoms with E-state index in [1.165, 1.54) is 19.3 Å². The molecule has 1 aliphatic carbocycles. The zero-order chi connectivity index (χ0) is 15.5. The third-order valence-electron chi connectivity index (χ3n) is 4.47. The highest BCUT2D eigenvalue weighted by molar-refractivity contribution is 6.07. The van der Waals surface area contributed by atoms with Crippen LogP contribution in [-0.4, -0.2) is 12.5 Å². The second-order valence-corrected chi connectivity index (χ2v) is 6.12. The number of carbonyl (C=O) groups excluding carboxylic acids is 1. The van der Waals surface area contributed by atoms with E-state index in [2.05, 4.69) is 0 Å². The molecule has 0 spiro atoms. The quantitative estimate of drug-likeness (QED) is 0.842. The lowest BCUT2D eigenvalue weighted by Crippen LogP contribution is -2.37. The van der Waals surface area contributed by atoms with Crippen molar-refractivity contribution in [3.05, 3.63) is 59.7 Å². The molecule has 3 rings (SSSR count). The fourth-order valence-corrected chi connectivity index (χ4v) is 2.86. The normalized spacial score (nSPS) is 13.8. The highest BCUT2D eigenvalue weighted by Gasteiger charge is 2.26. The van der Waals surface area contributed by atoms with Crippen LogP contribution in [0.1, 0.15) is 35.2 Å². The predicted octanol–water partition coefficient (Wildman–Crippen LogP) is 4.45. The van der Waals surface area contributed by atoms with Crippen LogP contribution in [0.4, 0.5) is 11.4 Å². The molecule has 0 heterocycles. The van der Waals surface area contributed by atoms with Gasteiger partial charge >= 0.3 is 0 Å². The number of anilines is 2. The summed E-state index contributed by atoms with van der Waals surface area (Å²) in [6, 6.07) is 15.5. The van der Waals surface area contributed by atoms with Gasteiger partial charge in [0.1, 0.15) is 0 Å². The monoisotopic (exact) mass is 330 g/mol. The van der Waals surface area contributed by atoms with Crippen LogP contribution in [0.25, 0.3) is 0 Å². The van der Waals surface area contributed by atoms with Crippen molar-refractivity contribution < 1.29 is 4.79 Å². The van der Waals surface area contributed by atoms with Gasteiger partial charge in [0.05, 0.1) is 0 Å². The largest absolute Gasteiger partial charge is 0.399 e. The SMILES string of the molecule is Cc1ccc(N)cc1C(=O)N(CC1CCC1)c1ccccc1.Cl. The van der Waals surface area contributed by atoms with Crippen molar-refractivity contribution in [3.63, 3.8) is 0 Å². The van der Waals surface area contributed by atoms with Gasteiger partial charge in [0, 0.05) is 23.5 Å². The number of amides is 1. The standard InChI is InChI=1S/C19H22N2O.ClH/c1-14-10-11-16(20)12-18(14)19(22)21(13-15-6-5-7-15)17-8-3-2-4-9-17;/h2-4,8-12,15H,5-7,13,20H2,1H3;1H. The molecule has 1 aliphatic rings. The van der Waals surface area contributed by atoms with Crippen molar-refractivity contribution in [2.24, 2.45) is 5.92 Å². The van der Waals surface area contributed by atoms with Crippen LogP contribution in [0.5, 0.6) is 0 Å². The van der Waals surface area contributed by atoms with Crippen LogP contribution >= 0.6 is 12.4 Å². The summed E-state index contributed by atoms with van der Waals surface area (Å²) in [6.45, 7) is 2.75. The maximum Gasteiger partial charge on any atom is 0.258 e. The van der Waals surface area contributed by atoms with E-state index in [4.69, 9.17) is 5.73 Å². The summed E-state index contributed by atoms with van der Waals surface area (Å²) in [4.78, 5) is 15.0. The Labute approximate surface area is 143 Å². The second kappa shape index (κ2) is 7.51. The molecule has 23 heavy (non-hydrogen) atoms. The summed E-state index contributed by atoms with van der Waals surface area (Å²) in [5.74, 6) is 0.661. The van der Waals surface area contributed by atoms with Crippen LogP contribution in [0.3, 0.4) is 0 Å². The first kappa shape index (κ1) is 17.4. The van der Waals surface area contributed by atoms with Crippen LogP contribution in [0.15, 0.2) is 48.5 Å². The van der Waals surface area contributed by atoms with E-state index in [-0.39, 0.29) is 18.3 Å². The van der Waals surface area contributed by atoms with Crippen molar-refractivity contribution >= 4 is 29.7 Å². The Morgan fingerprint density at radius 1 is 1.17 bits per heavy atom. The molecule has 0 atom stereocenters. The topological polar surface area (TPSA) is 46.3 Å². The molecule has 1 saturated carbocycles. The number of carbonyl (C=O) groups is 1. The number of hydrogen-bond donors (Lipinski definition) is 1. The zero-order valence-electron chi connectivity index (χ0n) is 13.4. The number of hydrogen-bond acceptors (Lipinski definition) is 2. The molecule has 4 heteroatoms. The third-order valence-corrected chi connectivity index (χ3v) is 4.47. The van der Waals surface area contributed by atoms with Gasteiger partial charge < -0.3 is 10.6 Å². The molecule has 1 fully saturated rings. The zero-order valence-corrected chi connectivity index (χ0v) is 14.2. The van der Waals surface area contributed by atoms with Gasteiger partial charge in [-0.05, 0) is 55.5 Å². The lowest BCUT2D eigenvalue weighted by atomic mass is 9.85. The molecular weight excluding hydrogens is 308 g/mol. The molecule has 1 amide bonds. The lowest BCUT2D eigenvalue weighted by molar-refractivity contribution is 0.0977. The van der Waals surface area contributed by atoms with Crippen LogP contribution in [-0.2, 0) is 0 Å². The van der Waals surface area contributed by atoms with E-state index in [9.17, 15) is 4.79 Å². The second-order valence-electron chi connectivity index (χ2n) is 6.12. The molecular formula is C19H23ClN2O. The van der Waals surface area contributed by atoms with Crippen molar-refractivity contribution in [2.75, 3.05) is 17.2 Å². The molecule has 0 radical (unpaired) electrons. The lowest BCUT2D eigenvalue weighted by Gasteiger charge is -2.33. The van der Waals surface area contributed by atoms with Gasteiger partial charge in [-0.25, -0.2) is 0 Å². The van der Waals surface area contributed by atoms with Gasteiger partial charge in [-0.3, -0.25) is 4.79 Å². The maximum absolute atomic E-state index is 13.1. The fraction of sp³-hybridized carbons (Fsp3) is 0.316. The summed E-state index contributed by atoms with van der Waals surface area (Å²) in [5.41, 5.74) is 9.13. The summed E-state index contributed by atoms with van der Waals surface area (Å²) in [5, 5.41) is 0. The summed E-state index contributed by atoms with van der Waals surface area (Å²) in [6.07, 6.45) is 3.71. The van der Waals surface area contributed by atoms with E-state index in [0.29, 0.717) is 17.2 Å². The molecule has 0 aliphatic heterocycles. The Morgan fingerprint density at radius 3 is 2.48 bits per heavy atom. The van der Waals surface area contributed by atoms with Gasteiger partial charge in [-0.2, -0.15) is 0 Å². The van der Waals surface area contributed by atoms with E-state index < -0.39 is 0 Å². The third kappa shape index (κ3) is 3.85. The van der Waals surface area contributed by atoms with Crippen molar-refractivity contribution in [3.8, 4) is 0 Å². The first-order chi connectivity index (χ1) is 10.6. The molecule has 0 saturated heterocycles. The number of rotatable bonds is 4. The van der Waals surface area contributed by atoms with Gasteiger partial charge in [0.2, 0.25) is 0 Å². The Hall–Kier alpha value is -2.00. The number of benzene rings is 2. The Bertz CT molecular complexity index is 668. The molecule has 0 unspecified atom stereocenters. The Kier molecular flexibility index (Phi) is 5.67. The van der Waals surface area contributed by atoms with Crippen molar-refractivity contribution in [1.29, 1.82) is 0 Å². The molecule has 2 aromatic rings. The smallest absolute Gasteiger partial charge is 0.258 e. The van der Waals surface area contributed by atoms with Gasteiger partial charge in [-0.15, -0.1) is 12.4 Å². The van der Waals surface area contributed by atoms with Crippen molar-refractivity contribution in [1.82, 2.24) is 0 Å². The number of nitrogens with two attached hydrogens (primary N) is 1. The molecule has 2 aromatic carbocycles. The van der Waals surface area contributed by atoms with Crippen LogP contribution in [0.2, 0.25) is 0 Å². The first-order valence-electron chi connectivity index (χ1n) is 7.88. The summed E-state index contributed by atoms with van der Waals surface area (Å²) < 4.78 is 0. The Morgan fingerprint density at radius 2 is 1.87 bits per heavy atom. The first-order valence-corrected chi connectivity index (χ1v) is 7.88. The van der Waals surface area contributed by atoms with Gasteiger partial charge in [-0.1, -0.05) is 30.7 Å². The van der Waals surface area contributed by atoms with Crippen LogP contribution in [0, 0.1) is 12.8 Å². The van der Waals surface area contributed by atoms with Crippen molar-refractivity contribution in [2.45, 2.75) is 26.2 Å². The molecule has 0 aromatic heterocycles. The number of nitrogen functional groups attached to an aromatic ring is 1. The average Bonchev–Trinajstić information content (AvgIpc) is 2.49. The minimum atomic E-state index is 0. The maximum atomic E-state index is 13.1. The number of nitrogens with zero attached hydrogens (tertiary/aromatic N) is 1. The number of aryl methyl sites for hydroxylation is 1. The highest BCUT2D eigenvalue weighted by Crippen LogP contribution is 2.30. The molecule has 0 bridgehead atoms. The van der Waals surface area contributed by atoms with E-state index in [1.807, 2.05) is 54.3 Å². The minimum Gasteiger partial charge on any atom is -0.399 e. The number of halogens is 1. The van der Waals surface area contributed by atoms with Crippen LogP contribution < -0.4 is 10.6 Å². The van der Waals surface area contributed by atoms with E-state index in [0.717, 1.165) is 17.8 Å². The van der Waals surface area contributed by atoms with Gasteiger partial charge in [0.25, 0.3) is 5.91 Å². The van der Waals surface area contributed by atoms with E-state index >= 15 is 0 Å². The predicted molar refractivity (Wildman–Crippen MR) is 98.3 cm³/mol. The molecule has 122 valence electrons. The number of para-hydroxylation sites is 1. The molecule has 3 nitrogen and oxygen atoms in total. The average molecular weight is 331 g/mol. The van der Waals surface area contributed by atoms with E-state index in [1.54, 1.807) is 6.07 Å². The Balaban J connectivity index is 0.00000192.